The van der Waals surface area contributed by atoms with Gasteiger partial charge in [-0.05, 0) is 132 Å². The maximum atomic E-state index is 5.67. The van der Waals surface area contributed by atoms with Gasteiger partial charge in [-0.3, -0.25) is 0 Å². The van der Waals surface area contributed by atoms with Crippen LogP contribution in [-0.4, -0.2) is 9.97 Å². The van der Waals surface area contributed by atoms with E-state index in [1.165, 1.54) is 65.4 Å². The molecule has 284 valence electrons. The van der Waals surface area contributed by atoms with Crippen LogP contribution in [0.4, 0.5) is 0 Å². The number of H-pyrrole nitrogens is 1. The molecule has 0 radical (unpaired) electrons. The van der Waals surface area contributed by atoms with Crippen LogP contribution in [0.5, 0.6) is 0 Å². The number of nitrogens with one attached hydrogen (secondary N) is 1. The summed E-state index contributed by atoms with van der Waals surface area (Å²) in [4.78, 5) is 9.54. The molecule has 8 rings (SSSR count). The maximum absolute atomic E-state index is 5.67. The molecule has 0 saturated heterocycles. The Morgan fingerprint density at radius 1 is 0.446 bits per heavy atom. The van der Waals surface area contributed by atoms with Gasteiger partial charge in [0, 0.05) is 27.4 Å². The Bertz CT molecular complexity index is 2670. The number of benzene rings is 5. The monoisotopic (exact) mass is 752 g/mol. The Labute approximate surface area is 338 Å². The van der Waals surface area contributed by atoms with E-state index in [0.29, 0.717) is 0 Å². The summed E-state index contributed by atoms with van der Waals surface area (Å²) in [5, 5.41) is 5.95. The SMILES string of the molecule is CC(C)(C)c1ccc(-c2cc(-c3ccc(C(C)(C)C)cc3)cc(-c3cc4ccsc4c(-c4cc(C(C)(C)C)cc5c4[nH]c4ccc(C(C)(C)C)cc45)n3)c2)cc1. The summed E-state index contributed by atoms with van der Waals surface area (Å²) in [5.74, 6) is 0. The van der Waals surface area contributed by atoms with E-state index in [-0.39, 0.29) is 21.7 Å². The summed E-state index contributed by atoms with van der Waals surface area (Å²) in [7, 11) is 0. The van der Waals surface area contributed by atoms with Gasteiger partial charge in [0.05, 0.1) is 21.6 Å². The Balaban J connectivity index is 1.37. The van der Waals surface area contributed by atoms with Crippen molar-refractivity contribution in [3.63, 3.8) is 0 Å². The lowest BCUT2D eigenvalue weighted by molar-refractivity contribution is 0.590. The Kier molecular flexibility index (Phi) is 9.01. The molecule has 0 aliphatic rings. The van der Waals surface area contributed by atoms with Crippen LogP contribution in [0.25, 0.3) is 76.7 Å². The van der Waals surface area contributed by atoms with Crippen LogP contribution in [0.3, 0.4) is 0 Å². The third-order valence-corrected chi connectivity index (χ3v) is 12.5. The van der Waals surface area contributed by atoms with Crippen molar-refractivity contribution in [2.75, 3.05) is 0 Å². The standard InChI is InChI=1S/C53H56N2S/c1-50(2,3)38-17-13-32(14-18-38)35-25-36(33-15-19-39(20-16-33)51(4,5)6)27-37(26-35)46-28-34-23-24-56-49(34)48(55-46)44-31-41(53(10,11)12)30-43-42-29-40(52(7,8)9)21-22-45(42)54-47(43)44/h13-31,54H,1-12H3. The zero-order valence-electron chi connectivity index (χ0n) is 35.3. The van der Waals surface area contributed by atoms with E-state index in [1.807, 2.05) is 0 Å². The molecule has 3 aromatic heterocycles. The second kappa shape index (κ2) is 13.3. The molecular formula is C53H56N2S. The fourth-order valence-electron chi connectivity index (χ4n) is 7.83. The van der Waals surface area contributed by atoms with Gasteiger partial charge in [0.1, 0.15) is 0 Å². The van der Waals surface area contributed by atoms with Gasteiger partial charge in [-0.1, -0.05) is 138 Å². The number of aromatic amines is 1. The number of pyridine rings is 1. The molecular weight excluding hydrogens is 697 g/mol. The number of fused-ring (bicyclic) bond motifs is 4. The first-order valence-electron chi connectivity index (χ1n) is 20.1. The van der Waals surface area contributed by atoms with E-state index >= 15 is 0 Å². The van der Waals surface area contributed by atoms with E-state index in [9.17, 15) is 0 Å². The predicted molar refractivity (Wildman–Crippen MR) is 246 cm³/mol. The number of thiophene rings is 1. The smallest absolute Gasteiger partial charge is 0.0908 e. The highest BCUT2D eigenvalue weighted by atomic mass is 32.1. The zero-order chi connectivity index (χ0) is 39.9. The molecule has 0 unspecified atom stereocenters. The number of aromatic nitrogens is 2. The highest BCUT2D eigenvalue weighted by Crippen LogP contribution is 2.43. The molecule has 1 N–H and O–H groups in total. The summed E-state index contributed by atoms with van der Waals surface area (Å²) >= 11 is 1.78. The number of hydrogen-bond donors (Lipinski definition) is 1. The molecule has 8 aromatic rings. The second-order valence-corrected chi connectivity index (χ2v) is 20.9. The molecule has 0 aliphatic carbocycles. The Hall–Kier alpha value is -4.99. The first-order valence-corrected chi connectivity index (χ1v) is 21.0. The van der Waals surface area contributed by atoms with Crippen molar-refractivity contribution in [3.8, 4) is 44.8 Å². The minimum atomic E-state index is -0.0470. The van der Waals surface area contributed by atoms with Gasteiger partial charge in [-0.25, -0.2) is 4.98 Å². The van der Waals surface area contributed by atoms with Crippen molar-refractivity contribution in [2.24, 2.45) is 0 Å². The van der Waals surface area contributed by atoms with Crippen molar-refractivity contribution >= 4 is 43.2 Å². The maximum Gasteiger partial charge on any atom is 0.0908 e. The van der Waals surface area contributed by atoms with Gasteiger partial charge in [0.25, 0.3) is 0 Å². The fourth-order valence-corrected chi connectivity index (χ4v) is 8.71. The fraction of sp³-hybridized carbons (Fsp3) is 0.302. The average molecular weight is 753 g/mol. The normalized spacial score (nSPS) is 13.0. The van der Waals surface area contributed by atoms with E-state index in [1.54, 1.807) is 11.3 Å². The molecule has 3 heteroatoms. The lowest BCUT2D eigenvalue weighted by Gasteiger charge is -2.21. The summed E-state index contributed by atoms with van der Waals surface area (Å²) in [5.41, 5.74) is 16.9. The predicted octanol–water partition coefficient (Wildman–Crippen LogP) is 15.8. The summed E-state index contributed by atoms with van der Waals surface area (Å²) in [6, 6.07) is 41.5. The minimum absolute atomic E-state index is 0.0470. The van der Waals surface area contributed by atoms with E-state index < -0.39 is 0 Å². The third kappa shape index (κ3) is 7.11. The molecule has 0 aliphatic heterocycles. The first kappa shape index (κ1) is 37.9. The molecule has 0 spiro atoms. The number of nitrogens with zero attached hydrogens (tertiary/aromatic N) is 1. The molecule has 0 bridgehead atoms. The Morgan fingerprint density at radius 2 is 0.946 bits per heavy atom. The van der Waals surface area contributed by atoms with Crippen LogP contribution in [0.15, 0.2) is 115 Å². The lowest BCUT2D eigenvalue weighted by atomic mass is 9.83. The summed E-state index contributed by atoms with van der Waals surface area (Å²) in [6.07, 6.45) is 0. The molecule has 0 fully saturated rings. The Morgan fingerprint density at radius 3 is 1.48 bits per heavy atom. The topological polar surface area (TPSA) is 28.7 Å². The van der Waals surface area contributed by atoms with Gasteiger partial charge >= 0.3 is 0 Å². The highest BCUT2D eigenvalue weighted by molar-refractivity contribution is 7.17. The van der Waals surface area contributed by atoms with Crippen molar-refractivity contribution in [2.45, 2.75) is 105 Å². The van der Waals surface area contributed by atoms with Gasteiger partial charge < -0.3 is 4.98 Å². The first-order chi connectivity index (χ1) is 26.2. The van der Waals surface area contributed by atoms with Crippen molar-refractivity contribution < 1.29 is 0 Å². The molecule has 0 amide bonds. The largest absolute Gasteiger partial charge is 0.354 e. The minimum Gasteiger partial charge on any atom is -0.354 e. The van der Waals surface area contributed by atoms with Gasteiger partial charge in [0.2, 0.25) is 0 Å². The van der Waals surface area contributed by atoms with Gasteiger partial charge in [-0.15, -0.1) is 11.3 Å². The third-order valence-electron chi connectivity index (χ3n) is 11.5. The van der Waals surface area contributed by atoms with Crippen LogP contribution in [0.1, 0.15) is 105 Å². The van der Waals surface area contributed by atoms with E-state index in [2.05, 4.69) is 203 Å². The van der Waals surface area contributed by atoms with Crippen molar-refractivity contribution in [1.29, 1.82) is 0 Å². The van der Waals surface area contributed by atoms with Gasteiger partial charge in [-0.2, -0.15) is 0 Å². The highest BCUT2D eigenvalue weighted by Gasteiger charge is 2.24. The molecule has 5 aromatic carbocycles. The number of rotatable bonds is 4. The van der Waals surface area contributed by atoms with Crippen LogP contribution >= 0.6 is 11.3 Å². The second-order valence-electron chi connectivity index (χ2n) is 20.0. The molecule has 2 nitrogen and oxygen atoms in total. The summed E-state index contributed by atoms with van der Waals surface area (Å²) < 4.78 is 1.21. The average Bonchev–Trinajstić information content (AvgIpc) is 3.77. The molecule has 0 saturated carbocycles. The van der Waals surface area contributed by atoms with E-state index in [0.717, 1.165) is 33.5 Å². The van der Waals surface area contributed by atoms with Crippen LogP contribution in [0.2, 0.25) is 0 Å². The quantitative estimate of drug-likeness (QED) is 0.191. The molecule has 3 heterocycles. The zero-order valence-corrected chi connectivity index (χ0v) is 36.1. The van der Waals surface area contributed by atoms with Crippen LogP contribution in [-0.2, 0) is 21.7 Å². The lowest BCUT2D eigenvalue weighted by Crippen LogP contribution is -2.11. The van der Waals surface area contributed by atoms with Crippen molar-refractivity contribution in [1.82, 2.24) is 9.97 Å². The van der Waals surface area contributed by atoms with Crippen LogP contribution in [0, 0.1) is 0 Å². The molecule has 0 atom stereocenters. The summed E-state index contributed by atoms with van der Waals surface area (Å²) in [6.45, 7) is 27.5. The van der Waals surface area contributed by atoms with Gasteiger partial charge in [0.15, 0.2) is 0 Å². The molecule has 56 heavy (non-hydrogen) atoms. The van der Waals surface area contributed by atoms with Crippen LogP contribution < -0.4 is 0 Å². The van der Waals surface area contributed by atoms with E-state index in [4.69, 9.17) is 4.98 Å². The van der Waals surface area contributed by atoms with Crippen molar-refractivity contribution in [3.05, 3.63) is 137 Å². The number of hydrogen-bond acceptors (Lipinski definition) is 2.